The van der Waals surface area contributed by atoms with Gasteiger partial charge in [-0.15, -0.1) is 21.5 Å². The minimum atomic E-state index is -0.277. The average molecular weight is 460 g/mol. The lowest BCUT2D eigenvalue weighted by atomic mass is 10.1. The number of benzene rings is 2. The summed E-state index contributed by atoms with van der Waals surface area (Å²) in [4.78, 5) is 22.5. The van der Waals surface area contributed by atoms with Crippen molar-refractivity contribution >= 4 is 23.1 Å². The second kappa shape index (κ2) is 9.07. The summed E-state index contributed by atoms with van der Waals surface area (Å²) in [7, 11) is 0. The zero-order valence-electron chi connectivity index (χ0n) is 18.1. The zero-order chi connectivity index (χ0) is 22.8. The SMILES string of the molecule is Cc1nc(-c2ccccc2)sc1C(=O)N1CCN(c2ccc(-c3ccc(F)cc3)nn2)CC1. The molecule has 1 saturated heterocycles. The van der Waals surface area contributed by atoms with Crippen LogP contribution in [0.3, 0.4) is 0 Å². The third kappa shape index (κ3) is 4.47. The van der Waals surface area contributed by atoms with Gasteiger partial charge in [-0.25, -0.2) is 9.37 Å². The van der Waals surface area contributed by atoms with Crippen LogP contribution in [-0.4, -0.2) is 52.2 Å². The number of carbonyl (C=O) groups excluding carboxylic acids is 1. The average Bonchev–Trinajstić information content (AvgIpc) is 3.26. The largest absolute Gasteiger partial charge is 0.352 e. The van der Waals surface area contributed by atoms with Gasteiger partial charge in [-0.05, 0) is 43.3 Å². The van der Waals surface area contributed by atoms with Crippen molar-refractivity contribution in [3.63, 3.8) is 0 Å². The van der Waals surface area contributed by atoms with Crippen LogP contribution in [0.25, 0.3) is 21.8 Å². The van der Waals surface area contributed by atoms with Crippen molar-refractivity contribution in [3.8, 4) is 21.8 Å². The van der Waals surface area contributed by atoms with Crippen LogP contribution in [0.15, 0.2) is 66.7 Å². The summed E-state index contributed by atoms with van der Waals surface area (Å²) in [6.07, 6.45) is 0. The standard InChI is InChI=1S/C25H22FN5OS/c1-17-23(33-24(27-17)19-5-3-2-4-6-19)25(32)31-15-13-30(14-16-31)22-12-11-21(28-29-22)18-7-9-20(26)10-8-18/h2-12H,13-16H2,1H3. The summed E-state index contributed by atoms with van der Waals surface area (Å²) in [6, 6.07) is 19.9. The fourth-order valence-corrected chi connectivity index (χ4v) is 4.89. The van der Waals surface area contributed by atoms with Gasteiger partial charge in [0, 0.05) is 37.3 Å². The number of halogens is 1. The highest BCUT2D eigenvalue weighted by atomic mass is 32.1. The zero-order valence-corrected chi connectivity index (χ0v) is 18.9. The molecule has 0 atom stereocenters. The Kier molecular flexibility index (Phi) is 5.83. The molecule has 3 heterocycles. The lowest BCUT2D eigenvalue weighted by Gasteiger charge is -2.35. The van der Waals surface area contributed by atoms with E-state index in [2.05, 4.69) is 20.1 Å². The predicted octanol–water partition coefficient (Wildman–Crippen LogP) is 4.68. The van der Waals surface area contributed by atoms with Crippen LogP contribution in [0, 0.1) is 12.7 Å². The van der Waals surface area contributed by atoms with E-state index in [1.807, 2.05) is 54.3 Å². The highest BCUT2D eigenvalue weighted by molar-refractivity contribution is 7.17. The molecule has 0 aliphatic carbocycles. The molecule has 5 rings (SSSR count). The van der Waals surface area contributed by atoms with Crippen LogP contribution in [0.5, 0.6) is 0 Å². The molecule has 33 heavy (non-hydrogen) atoms. The number of thiazole rings is 1. The Morgan fingerprint density at radius 3 is 2.27 bits per heavy atom. The maximum Gasteiger partial charge on any atom is 0.265 e. The molecular formula is C25H22FN5OS. The Hall–Kier alpha value is -3.65. The summed E-state index contributed by atoms with van der Waals surface area (Å²) in [5.74, 6) is 0.526. The number of amides is 1. The van der Waals surface area contributed by atoms with Gasteiger partial charge in [0.2, 0.25) is 0 Å². The third-order valence-electron chi connectivity index (χ3n) is 5.69. The normalized spacial score (nSPS) is 13.9. The fourth-order valence-electron chi connectivity index (χ4n) is 3.85. The third-order valence-corrected chi connectivity index (χ3v) is 6.89. The second-order valence-corrected chi connectivity index (χ2v) is 8.86. The van der Waals surface area contributed by atoms with Gasteiger partial charge in [-0.3, -0.25) is 4.79 Å². The highest BCUT2D eigenvalue weighted by Gasteiger charge is 2.26. The molecule has 1 aliphatic rings. The van der Waals surface area contributed by atoms with E-state index in [0.29, 0.717) is 36.8 Å². The van der Waals surface area contributed by atoms with Gasteiger partial charge in [0.05, 0.1) is 11.4 Å². The van der Waals surface area contributed by atoms with Crippen molar-refractivity contribution in [1.82, 2.24) is 20.1 Å². The predicted molar refractivity (Wildman–Crippen MR) is 128 cm³/mol. The monoisotopic (exact) mass is 459 g/mol. The van der Waals surface area contributed by atoms with E-state index in [1.54, 1.807) is 12.1 Å². The Bertz CT molecular complexity index is 1250. The molecule has 0 spiro atoms. The first kappa shape index (κ1) is 21.2. The maximum atomic E-state index is 13.2. The lowest BCUT2D eigenvalue weighted by molar-refractivity contribution is 0.0750. The molecule has 1 amide bonds. The first-order valence-electron chi connectivity index (χ1n) is 10.8. The Morgan fingerprint density at radius 1 is 0.879 bits per heavy atom. The molecule has 8 heteroatoms. The van der Waals surface area contributed by atoms with E-state index in [0.717, 1.165) is 27.6 Å². The van der Waals surface area contributed by atoms with Gasteiger partial charge in [0.25, 0.3) is 5.91 Å². The molecule has 4 aromatic rings. The number of aryl methyl sites for hydroxylation is 1. The molecule has 2 aromatic carbocycles. The number of rotatable bonds is 4. The Labute approximate surface area is 195 Å². The fraction of sp³-hybridized carbons (Fsp3) is 0.200. The quantitative estimate of drug-likeness (QED) is 0.444. The number of aromatic nitrogens is 3. The summed E-state index contributed by atoms with van der Waals surface area (Å²) in [6.45, 7) is 4.47. The van der Waals surface area contributed by atoms with Crippen LogP contribution >= 0.6 is 11.3 Å². The molecule has 0 saturated carbocycles. The number of carbonyl (C=O) groups is 1. The van der Waals surface area contributed by atoms with Crippen LogP contribution < -0.4 is 4.90 Å². The van der Waals surface area contributed by atoms with E-state index in [-0.39, 0.29) is 11.7 Å². The van der Waals surface area contributed by atoms with E-state index < -0.39 is 0 Å². The number of hydrogen-bond donors (Lipinski definition) is 0. The van der Waals surface area contributed by atoms with Crippen molar-refractivity contribution in [2.75, 3.05) is 31.1 Å². The Balaban J connectivity index is 1.23. The van der Waals surface area contributed by atoms with Gasteiger partial charge in [0.1, 0.15) is 15.7 Å². The molecule has 6 nitrogen and oxygen atoms in total. The smallest absolute Gasteiger partial charge is 0.265 e. The van der Waals surface area contributed by atoms with Crippen LogP contribution in [0.1, 0.15) is 15.4 Å². The van der Waals surface area contributed by atoms with E-state index in [1.165, 1.54) is 23.5 Å². The van der Waals surface area contributed by atoms with Gasteiger partial charge in [0.15, 0.2) is 5.82 Å². The second-order valence-electron chi connectivity index (χ2n) is 7.86. The summed E-state index contributed by atoms with van der Waals surface area (Å²) < 4.78 is 13.1. The first-order valence-corrected chi connectivity index (χ1v) is 11.6. The van der Waals surface area contributed by atoms with Crippen molar-refractivity contribution < 1.29 is 9.18 Å². The Morgan fingerprint density at radius 2 is 1.61 bits per heavy atom. The van der Waals surface area contributed by atoms with Crippen LogP contribution in [0.4, 0.5) is 10.2 Å². The van der Waals surface area contributed by atoms with Crippen molar-refractivity contribution in [2.45, 2.75) is 6.92 Å². The van der Waals surface area contributed by atoms with Gasteiger partial charge < -0.3 is 9.80 Å². The van der Waals surface area contributed by atoms with Gasteiger partial charge in [-0.2, -0.15) is 0 Å². The molecule has 0 radical (unpaired) electrons. The summed E-state index contributed by atoms with van der Waals surface area (Å²) in [5, 5.41) is 9.52. The molecule has 1 fully saturated rings. The number of nitrogens with zero attached hydrogens (tertiary/aromatic N) is 5. The molecule has 2 aromatic heterocycles. The molecule has 0 N–H and O–H groups in total. The minimum Gasteiger partial charge on any atom is -0.352 e. The topological polar surface area (TPSA) is 62.2 Å². The lowest BCUT2D eigenvalue weighted by Crippen LogP contribution is -2.49. The summed E-state index contributed by atoms with van der Waals surface area (Å²) in [5.41, 5.74) is 3.31. The van der Waals surface area contributed by atoms with E-state index in [4.69, 9.17) is 0 Å². The van der Waals surface area contributed by atoms with Crippen molar-refractivity contribution in [1.29, 1.82) is 0 Å². The molecular weight excluding hydrogens is 437 g/mol. The summed E-state index contributed by atoms with van der Waals surface area (Å²) >= 11 is 1.45. The van der Waals surface area contributed by atoms with Crippen LogP contribution in [-0.2, 0) is 0 Å². The molecule has 0 bridgehead atoms. The van der Waals surface area contributed by atoms with E-state index in [9.17, 15) is 9.18 Å². The van der Waals surface area contributed by atoms with Crippen molar-refractivity contribution in [3.05, 3.63) is 83.1 Å². The molecule has 1 aliphatic heterocycles. The number of piperazine rings is 1. The van der Waals surface area contributed by atoms with Crippen LogP contribution in [0.2, 0.25) is 0 Å². The van der Waals surface area contributed by atoms with Crippen molar-refractivity contribution in [2.24, 2.45) is 0 Å². The van der Waals surface area contributed by atoms with E-state index >= 15 is 0 Å². The number of hydrogen-bond acceptors (Lipinski definition) is 6. The molecule has 0 unspecified atom stereocenters. The highest BCUT2D eigenvalue weighted by Crippen LogP contribution is 2.29. The van der Waals surface area contributed by atoms with Gasteiger partial charge in [-0.1, -0.05) is 30.3 Å². The maximum absolute atomic E-state index is 13.2. The molecule has 166 valence electrons. The first-order chi connectivity index (χ1) is 16.1. The minimum absolute atomic E-state index is 0.0320. The number of anilines is 1. The van der Waals surface area contributed by atoms with Gasteiger partial charge >= 0.3 is 0 Å².